The zero-order valence-corrected chi connectivity index (χ0v) is 9.37. The zero-order valence-electron chi connectivity index (χ0n) is 9.37. The van der Waals surface area contributed by atoms with Crippen molar-refractivity contribution in [2.24, 2.45) is 5.73 Å². The maximum atomic E-state index is 5.75. The molecule has 0 spiro atoms. The van der Waals surface area contributed by atoms with Crippen molar-refractivity contribution in [2.45, 2.75) is 19.4 Å². The van der Waals surface area contributed by atoms with E-state index in [4.69, 9.17) is 5.73 Å². The van der Waals surface area contributed by atoms with E-state index in [0.717, 1.165) is 13.0 Å². The summed E-state index contributed by atoms with van der Waals surface area (Å²) in [6.07, 6.45) is 2.89. The molecule has 0 saturated carbocycles. The Labute approximate surface area is 92.2 Å². The highest BCUT2D eigenvalue weighted by atomic mass is 14.9. The monoisotopic (exact) mass is 204 g/mol. The first kappa shape index (κ1) is 12.0. The van der Waals surface area contributed by atoms with Gasteiger partial charge in [0.1, 0.15) is 0 Å². The van der Waals surface area contributed by atoms with E-state index >= 15 is 0 Å². The van der Waals surface area contributed by atoms with Gasteiger partial charge in [0.05, 0.1) is 0 Å². The van der Waals surface area contributed by atoms with E-state index in [1.165, 1.54) is 11.1 Å². The molecule has 0 amide bonds. The molecule has 1 unspecified atom stereocenters. The quantitative estimate of drug-likeness (QED) is 0.550. The van der Waals surface area contributed by atoms with Gasteiger partial charge in [0.2, 0.25) is 0 Å². The van der Waals surface area contributed by atoms with Crippen molar-refractivity contribution < 1.29 is 0 Å². The Morgan fingerprint density at radius 2 is 2.33 bits per heavy atom. The van der Waals surface area contributed by atoms with E-state index in [2.05, 4.69) is 43.1 Å². The van der Waals surface area contributed by atoms with Crippen molar-refractivity contribution in [3.05, 3.63) is 48.0 Å². The Morgan fingerprint density at radius 1 is 1.53 bits per heavy atom. The van der Waals surface area contributed by atoms with Gasteiger partial charge in [0.25, 0.3) is 0 Å². The van der Waals surface area contributed by atoms with E-state index in [0.29, 0.717) is 6.54 Å². The molecular formula is C13H20N2. The number of nitrogens with two attached hydrogens (primary N) is 1. The van der Waals surface area contributed by atoms with Crippen LogP contribution in [0.25, 0.3) is 0 Å². The maximum absolute atomic E-state index is 5.75. The Balaban J connectivity index is 2.61. The largest absolute Gasteiger partial charge is 0.329 e. The third-order valence-corrected chi connectivity index (χ3v) is 2.42. The summed E-state index contributed by atoms with van der Waals surface area (Å²) in [6.45, 7) is 7.35. The summed E-state index contributed by atoms with van der Waals surface area (Å²) in [7, 11) is 0. The summed E-state index contributed by atoms with van der Waals surface area (Å²) >= 11 is 0. The van der Waals surface area contributed by atoms with Crippen molar-refractivity contribution >= 4 is 0 Å². The van der Waals surface area contributed by atoms with E-state index in [-0.39, 0.29) is 6.04 Å². The average molecular weight is 204 g/mol. The molecule has 0 fully saturated rings. The third-order valence-electron chi connectivity index (χ3n) is 2.42. The highest BCUT2D eigenvalue weighted by Crippen LogP contribution is 2.13. The van der Waals surface area contributed by atoms with Gasteiger partial charge in [-0.3, -0.25) is 0 Å². The van der Waals surface area contributed by atoms with Crippen molar-refractivity contribution in [1.29, 1.82) is 0 Å². The predicted molar refractivity (Wildman–Crippen MR) is 65.8 cm³/mol. The number of benzene rings is 1. The first-order valence-corrected chi connectivity index (χ1v) is 5.39. The van der Waals surface area contributed by atoms with Crippen LogP contribution in [0.3, 0.4) is 0 Å². The van der Waals surface area contributed by atoms with E-state index in [9.17, 15) is 0 Å². The normalized spacial score (nSPS) is 12.4. The number of rotatable bonds is 6. The first-order chi connectivity index (χ1) is 7.27. The Morgan fingerprint density at radius 3 is 2.93 bits per heavy atom. The van der Waals surface area contributed by atoms with Gasteiger partial charge in [-0.2, -0.15) is 0 Å². The highest BCUT2D eigenvalue weighted by Gasteiger charge is 2.07. The van der Waals surface area contributed by atoms with Gasteiger partial charge in [0, 0.05) is 12.6 Å². The number of hydrogen-bond acceptors (Lipinski definition) is 2. The standard InChI is InChI=1S/C13H20N2/c1-3-4-8-15-13(10-14)12-7-5-6-11(2)9-12/h3,5-7,9,13,15H,1,4,8,10,14H2,2H3. The lowest BCUT2D eigenvalue weighted by atomic mass is 10.0. The second-order valence-electron chi connectivity index (χ2n) is 3.73. The summed E-state index contributed by atoms with van der Waals surface area (Å²) in [4.78, 5) is 0. The Bertz CT molecular complexity index is 307. The van der Waals surface area contributed by atoms with E-state index in [1.54, 1.807) is 0 Å². The molecule has 2 heteroatoms. The van der Waals surface area contributed by atoms with Gasteiger partial charge in [-0.25, -0.2) is 0 Å². The Kier molecular flexibility index (Phi) is 5.08. The van der Waals surface area contributed by atoms with E-state index < -0.39 is 0 Å². The smallest absolute Gasteiger partial charge is 0.0444 e. The molecule has 1 rings (SSSR count). The van der Waals surface area contributed by atoms with Crippen LogP contribution in [0, 0.1) is 6.92 Å². The van der Waals surface area contributed by atoms with Crippen LogP contribution >= 0.6 is 0 Å². The molecule has 15 heavy (non-hydrogen) atoms. The van der Waals surface area contributed by atoms with Crippen LogP contribution < -0.4 is 11.1 Å². The van der Waals surface area contributed by atoms with Crippen LogP contribution in [0.1, 0.15) is 23.6 Å². The van der Waals surface area contributed by atoms with Crippen LogP contribution in [-0.2, 0) is 0 Å². The van der Waals surface area contributed by atoms with Crippen LogP contribution in [0.5, 0.6) is 0 Å². The van der Waals surface area contributed by atoms with Crippen LogP contribution in [-0.4, -0.2) is 13.1 Å². The second kappa shape index (κ2) is 6.38. The third kappa shape index (κ3) is 3.86. The number of nitrogens with one attached hydrogen (secondary N) is 1. The van der Waals surface area contributed by atoms with Gasteiger partial charge in [-0.15, -0.1) is 6.58 Å². The van der Waals surface area contributed by atoms with Gasteiger partial charge in [0.15, 0.2) is 0 Å². The van der Waals surface area contributed by atoms with Crippen molar-refractivity contribution in [1.82, 2.24) is 5.32 Å². The summed E-state index contributed by atoms with van der Waals surface area (Å²) in [5, 5.41) is 3.42. The summed E-state index contributed by atoms with van der Waals surface area (Å²) in [5.41, 5.74) is 8.29. The molecule has 0 aliphatic carbocycles. The molecule has 2 nitrogen and oxygen atoms in total. The number of aryl methyl sites for hydroxylation is 1. The summed E-state index contributed by atoms with van der Waals surface area (Å²) in [6, 6.07) is 8.72. The zero-order chi connectivity index (χ0) is 11.1. The first-order valence-electron chi connectivity index (χ1n) is 5.39. The molecule has 0 aromatic heterocycles. The molecule has 0 saturated heterocycles. The fourth-order valence-corrected chi connectivity index (χ4v) is 1.58. The minimum atomic E-state index is 0.254. The molecule has 0 radical (unpaired) electrons. The molecule has 1 aromatic rings. The van der Waals surface area contributed by atoms with Gasteiger partial charge < -0.3 is 11.1 Å². The predicted octanol–water partition coefficient (Wildman–Crippen LogP) is 2.16. The molecule has 3 N–H and O–H groups in total. The van der Waals surface area contributed by atoms with Crippen molar-refractivity contribution in [2.75, 3.05) is 13.1 Å². The molecule has 0 bridgehead atoms. The lowest BCUT2D eigenvalue weighted by molar-refractivity contribution is 0.548. The lowest BCUT2D eigenvalue weighted by Gasteiger charge is -2.17. The number of hydrogen-bond donors (Lipinski definition) is 2. The van der Waals surface area contributed by atoms with Gasteiger partial charge in [-0.05, 0) is 25.5 Å². The van der Waals surface area contributed by atoms with Crippen molar-refractivity contribution in [3.8, 4) is 0 Å². The van der Waals surface area contributed by atoms with Crippen molar-refractivity contribution in [3.63, 3.8) is 0 Å². The highest BCUT2D eigenvalue weighted by molar-refractivity contribution is 5.25. The molecule has 1 atom stereocenters. The molecule has 0 heterocycles. The maximum Gasteiger partial charge on any atom is 0.0444 e. The molecule has 82 valence electrons. The molecule has 1 aromatic carbocycles. The molecule has 0 aliphatic rings. The minimum Gasteiger partial charge on any atom is -0.329 e. The van der Waals surface area contributed by atoms with Crippen LogP contribution in [0.15, 0.2) is 36.9 Å². The fourth-order valence-electron chi connectivity index (χ4n) is 1.58. The average Bonchev–Trinajstić information content (AvgIpc) is 2.24. The van der Waals surface area contributed by atoms with Crippen LogP contribution in [0.4, 0.5) is 0 Å². The van der Waals surface area contributed by atoms with Gasteiger partial charge >= 0.3 is 0 Å². The summed E-state index contributed by atoms with van der Waals surface area (Å²) in [5.74, 6) is 0. The molecular weight excluding hydrogens is 184 g/mol. The fraction of sp³-hybridized carbons (Fsp3) is 0.385. The SMILES string of the molecule is C=CCCNC(CN)c1cccc(C)c1. The lowest BCUT2D eigenvalue weighted by Crippen LogP contribution is -2.28. The van der Waals surface area contributed by atoms with Gasteiger partial charge in [-0.1, -0.05) is 35.9 Å². The Hall–Kier alpha value is -1.12. The summed E-state index contributed by atoms with van der Waals surface area (Å²) < 4.78 is 0. The topological polar surface area (TPSA) is 38.0 Å². The van der Waals surface area contributed by atoms with Crippen LogP contribution in [0.2, 0.25) is 0 Å². The second-order valence-corrected chi connectivity index (χ2v) is 3.73. The van der Waals surface area contributed by atoms with E-state index in [1.807, 2.05) is 6.08 Å². The molecule has 0 aliphatic heterocycles. The minimum absolute atomic E-state index is 0.254.